The van der Waals surface area contributed by atoms with Gasteiger partial charge in [-0.3, -0.25) is 4.79 Å². The molecule has 0 saturated carbocycles. The molecule has 4 nitrogen and oxygen atoms in total. The van der Waals surface area contributed by atoms with Crippen LogP contribution in [0, 0.1) is 5.92 Å². The molecule has 0 aliphatic rings. The first-order valence-corrected chi connectivity index (χ1v) is 5.26. The standard InChI is InChI=1S/C12H17NO3/c1-9(14)11(12(15)16)8-13-7-10-5-3-2-4-6-10/h2-6,9,11,13-14H,7-8H2,1H3,(H,15,16)/t9-,11+/m1/s1. The summed E-state index contributed by atoms with van der Waals surface area (Å²) in [7, 11) is 0. The van der Waals surface area contributed by atoms with Gasteiger partial charge < -0.3 is 15.5 Å². The normalized spacial score (nSPS) is 14.4. The maximum atomic E-state index is 10.8. The number of hydrogen-bond donors (Lipinski definition) is 3. The van der Waals surface area contributed by atoms with Crippen molar-refractivity contribution < 1.29 is 15.0 Å². The predicted octanol–water partition coefficient (Wildman–Crippen LogP) is 0.858. The molecular weight excluding hydrogens is 206 g/mol. The van der Waals surface area contributed by atoms with Crippen LogP contribution in [0.4, 0.5) is 0 Å². The second-order valence-corrected chi connectivity index (χ2v) is 3.80. The van der Waals surface area contributed by atoms with Gasteiger partial charge in [-0.1, -0.05) is 30.3 Å². The first kappa shape index (κ1) is 12.7. The van der Waals surface area contributed by atoms with Crippen LogP contribution in [-0.2, 0) is 11.3 Å². The first-order valence-electron chi connectivity index (χ1n) is 5.26. The summed E-state index contributed by atoms with van der Waals surface area (Å²) < 4.78 is 0. The minimum Gasteiger partial charge on any atom is -0.481 e. The Morgan fingerprint density at radius 1 is 1.38 bits per heavy atom. The van der Waals surface area contributed by atoms with Gasteiger partial charge in [0.1, 0.15) is 0 Å². The molecule has 0 heterocycles. The quantitative estimate of drug-likeness (QED) is 0.669. The summed E-state index contributed by atoms with van der Waals surface area (Å²) in [5.74, 6) is -1.74. The van der Waals surface area contributed by atoms with Crippen LogP contribution < -0.4 is 5.32 Å². The van der Waals surface area contributed by atoms with Crippen molar-refractivity contribution in [2.75, 3.05) is 6.54 Å². The highest BCUT2D eigenvalue weighted by Crippen LogP contribution is 2.03. The molecular formula is C12H17NO3. The number of aliphatic carboxylic acids is 1. The van der Waals surface area contributed by atoms with Crippen LogP contribution in [0.3, 0.4) is 0 Å². The third-order valence-electron chi connectivity index (χ3n) is 2.44. The summed E-state index contributed by atoms with van der Waals surface area (Å²) in [6.45, 7) is 2.36. The van der Waals surface area contributed by atoms with Crippen molar-refractivity contribution >= 4 is 5.97 Å². The minimum absolute atomic E-state index is 0.266. The second kappa shape index (κ2) is 6.25. The number of aliphatic hydroxyl groups excluding tert-OH is 1. The van der Waals surface area contributed by atoms with E-state index < -0.39 is 18.0 Å². The Bertz CT molecular complexity index is 324. The van der Waals surface area contributed by atoms with Crippen LogP contribution in [0.2, 0.25) is 0 Å². The Kier molecular flexibility index (Phi) is 4.95. The highest BCUT2D eigenvalue weighted by molar-refractivity contribution is 5.70. The highest BCUT2D eigenvalue weighted by Gasteiger charge is 2.22. The van der Waals surface area contributed by atoms with E-state index in [0.29, 0.717) is 6.54 Å². The van der Waals surface area contributed by atoms with Crippen LogP contribution >= 0.6 is 0 Å². The van der Waals surface area contributed by atoms with Crippen LogP contribution in [0.25, 0.3) is 0 Å². The number of carboxylic acids is 1. The number of nitrogens with one attached hydrogen (secondary N) is 1. The van der Waals surface area contributed by atoms with E-state index in [0.717, 1.165) is 5.56 Å². The van der Waals surface area contributed by atoms with Crippen LogP contribution in [-0.4, -0.2) is 28.8 Å². The van der Waals surface area contributed by atoms with E-state index in [9.17, 15) is 9.90 Å². The maximum Gasteiger partial charge on any atom is 0.310 e. The molecule has 2 atom stereocenters. The monoisotopic (exact) mass is 223 g/mol. The van der Waals surface area contributed by atoms with E-state index in [4.69, 9.17) is 5.11 Å². The maximum absolute atomic E-state index is 10.8. The Hall–Kier alpha value is -1.39. The minimum atomic E-state index is -0.976. The zero-order chi connectivity index (χ0) is 12.0. The van der Waals surface area contributed by atoms with E-state index in [2.05, 4.69) is 5.32 Å². The fourth-order valence-corrected chi connectivity index (χ4v) is 1.43. The van der Waals surface area contributed by atoms with Gasteiger partial charge in [-0.05, 0) is 12.5 Å². The number of carboxylic acid groups (broad SMARTS) is 1. The topological polar surface area (TPSA) is 69.6 Å². The van der Waals surface area contributed by atoms with Crippen molar-refractivity contribution in [3.63, 3.8) is 0 Å². The Labute approximate surface area is 94.9 Å². The van der Waals surface area contributed by atoms with Gasteiger partial charge >= 0.3 is 5.97 Å². The number of aliphatic hydroxyl groups is 1. The van der Waals surface area contributed by atoms with Crippen LogP contribution in [0.5, 0.6) is 0 Å². The van der Waals surface area contributed by atoms with Gasteiger partial charge in [0.15, 0.2) is 0 Å². The molecule has 0 aromatic heterocycles. The molecule has 0 unspecified atom stereocenters. The Morgan fingerprint density at radius 2 is 2.00 bits per heavy atom. The molecule has 0 bridgehead atoms. The van der Waals surface area contributed by atoms with Gasteiger partial charge in [0.2, 0.25) is 0 Å². The lowest BCUT2D eigenvalue weighted by atomic mass is 10.0. The molecule has 0 amide bonds. The number of hydrogen-bond acceptors (Lipinski definition) is 3. The number of rotatable bonds is 6. The molecule has 1 rings (SSSR count). The van der Waals surface area contributed by atoms with E-state index in [1.54, 1.807) is 0 Å². The smallest absolute Gasteiger partial charge is 0.310 e. The van der Waals surface area contributed by atoms with Gasteiger partial charge in [0.25, 0.3) is 0 Å². The van der Waals surface area contributed by atoms with E-state index in [-0.39, 0.29) is 6.54 Å². The highest BCUT2D eigenvalue weighted by atomic mass is 16.4. The number of carbonyl (C=O) groups is 1. The second-order valence-electron chi connectivity index (χ2n) is 3.80. The third-order valence-corrected chi connectivity index (χ3v) is 2.44. The molecule has 0 aliphatic carbocycles. The van der Waals surface area contributed by atoms with Gasteiger partial charge in [0.05, 0.1) is 12.0 Å². The summed E-state index contributed by atoms with van der Waals surface area (Å²) >= 11 is 0. The Morgan fingerprint density at radius 3 is 2.50 bits per heavy atom. The zero-order valence-electron chi connectivity index (χ0n) is 9.26. The molecule has 0 spiro atoms. The fourth-order valence-electron chi connectivity index (χ4n) is 1.43. The molecule has 1 aromatic rings. The zero-order valence-corrected chi connectivity index (χ0v) is 9.26. The summed E-state index contributed by atoms with van der Waals surface area (Å²) in [6.07, 6.45) is -0.847. The molecule has 0 aliphatic heterocycles. The van der Waals surface area contributed by atoms with Crippen molar-refractivity contribution in [2.24, 2.45) is 5.92 Å². The van der Waals surface area contributed by atoms with E-state index in [1.807, 2.05) is 30.3 Å². The predicted molar refractivity (Wildman–Crippen MR) is 61.0 cm³/mol. The molecule has 3 N–H and O–H groups in total. The first-order chi connectivity index (χ1) is 7.61. The molecule has 1 aromatic carbocycles. The molecule has 4 heteroatoms. The van der Waals surface area contributed by atoms with Gasteiger partial charge in [-0.15, -0.1) is 0 Å². The van der Waals surface area contributed by atoms with Gasteiger partial charge in [-0.25, -0.2) is 0 Å². The lowest BCUT2D eigenvalue weighted by molar-refractivity contribution is -0.145. The molecule has 0 fully saturated rings. The van der Waals surface area contributed by atoms with Gasteiger partial charge in [0, 0.05) is 13.1 Å². The van der Waals surface area contributed by atoms with Gasteiger partial charge in [-0.2, -0.15) is 0 Å². The van der Waals surface area contributed by atoms with Crippen molar-refractivity contribution in [1.82, 2.24) is 5.32 Å². The largest absolute Gasteiger partial charge is 0.481 e. The van der Waals surface area contributed by atoms with E-state index in [1.165, 1.54) is 6.92 Å². The molecule has 16 heavy (non-hydrogen) atoms. The molecule has 0 saturated heterocycles. The van der Waals surface area contributed by atoms with Crippen molar-refractivity contribution in [3.05, 3.63) is 35.9 Å². The molecule has 0 radical (unpaired) electrons. The average molecular weight is 223 g/mol. The summed E-state index contributed by atoms with van der Waals surface area (Å²) in [5.41, 5.74) is 1.09. The third kappa shape index (κ3) is 4.00. The lowest BCUT2D eigenvalue weighted by Gasteiger charge is -2.15. The van der Waals surface area contributed by atoms with Crippen molar-refractivity contribution in [3.8, 4) is 0 Å². The number of benzene rings is 1. The summed E-state index contributed by atoms with van der Waals surface area (Å²) in [6, 6.07) is 9.72. The SMILES string of the molecule is C[C@@H](O)[C@H](CNCc1ccccc1)C(=O)O. The lowest BCUT2D eigenvalue weighted by Crippen LogP contribution is -2.35. The average Bonchev–Trinajstić information content (AvgIpc) is 2.24. The fraction of sp³-hybridized carbons (Fsp3) is 0.417. The summed E-state index contributed by atoms with van der Waals surface area (Å²) in [4.78, 5) is 10.8. The summed E-state index contributed by atoms with van der Waals surface area (Å²) in [5, 5.41) is 21.1. The van der Waals surface area contributed by atoms with Crippen LogP contribution in [0.1, 0.15) is 12.5 Å². The van der Waals surface area contributed by atoms with Crippen LogP contribution in [0.15, 0.2) is 30.3 Å². The van der Waals surface area contributed by atoms with Crippen molar-refractivity contribution in [2.45, 2.75) is 19.6 Å². The molecule has 88 valence electrons. The van der Waals surface area contributed by atoms with E-state index >= 15 is 0 Å². The Balaban J connectivity index is 2.37. The van der Waals surface area contributed by atoms with Crippen molar-refractivity contribution in [1.29, 1.82) is 0 Å².